The molecule has 7 heteroatoms. The minimum Gasteiger partial charge on any atom is -0.385 e. The summed E-state index contributed by atoms with van der Waals surface area (Å²) in [5, 5.41) is 3.00. The van der Waals surface area contributed by atoms with E-state index in [1.165, 1.54) is 5.56 Å². The van der Waals surface area contributed by atoms with Crippen LogP contribution in [0.3, 0.4) is 0 Å². The lowest BCUT2D eigenvalue weighted by Gasteiger charge is -2.32. The van der Waals surface area contributed by atoms with E-state index < -0.39 is 0 Å². The molecular formula is C26H32N4O3. The Hall–Kier alpha value is -3.19. The van der Waals surface area contributed by atoms with Crippen LogP contribution < -0.4 is 15.8 Å². The van der Waals surface area contributed by atoms with Crippen LogP contribution in [-0.4, -0.2) is 48.8 Å². The summed E-state index contributed by atoms with van der Waals surface area (Å²) in [7, 11) is 1.66. The third-order valence-corrected chi connectivity index (χ3v) is 6.29. The molecule has 2 aromatic carbocycles. The number of carbonyl (C=O) groups is 1. The topological polar surface area (TPSA) is 76.5 Å². The number of hydrogen-bond donors (Lipinski definition) is 1. The van der Waals surface area contributed by atoms with E-state index in [-0.39, 0.29) is 17.4 Å². The van der Waals surface area contributed by atoms with E-state index in [2.05, 4.69) is 36.5 Å². The van der Waals surface area contributed by atoms with Gasteiger partial charge in [-0.3, -0.25) is 14.2 Å². The molecule has 0 spiro atoms. The number of methoxy groups -OCH3 is 1. The highest BCUT2D eigenvalue weighted by Crippen LogP contribution is 2.22. The van der Waals surface area contributed by atoms with E-state index in [1.54, 1.807) is 7.11 Å². The van der Waals surface area contributed by atoms with Crippen LogP contribution in [-0.2, 0) is 16.1 Å². The van der Waals surface area contributed by atoms with Crippen LogP contribution in [0.15, 0.2) is 53.3 Å². The van der Waals surface area contributed by atoms with Gasteiger partial charge in [0.1, 0.15) is 0 Å². The normalized spacial score (nSPS) is 14.5. The lowest BCUT2D eigenvalue weighted by Crippen LogP contribution is -2.43. The minimum absolute atomic E-state index is 0.0287. The number of rotatable bonds is 8. The second-order valence-electron chi connectivity index (χ2n) is 8.70. The van der Waals surface area contributed by atoms with Crippen LogP contribution in [0.2, 0.25) is 0 Å². The Balaban J connectivity index is 1.53. The highest BCUT2D eigenvalue weighted by Gasteiger charge is 2.27. The molecule has 174 valence electrons. The summed E-state index contributed by atoms with van der Waals surface area (Å²) in [6.45, 7) is 5.10. The zero-order valence-electron chi connectivity index (χ0n) is 19.4. The number of benzene rings is 2. The lowest BCUT2D eigenvalue weighted by atomic mass is 9.96. The Kier molecular flexibility index (Phi) is 7.40. The van der Waals surface area contributed by atoms with Crippen LogP contribution in [0.1, 0.15) is 30.4 Å². The van der Waals surface area contributed by atoms with Crippen LogP contribution in [0.4, 0.5) is 5.82 Å². The van der Waals surface area contributed by atoms with Crippen molar-refractivity contribution in [1.29, 1.82) is 0 Å². The van der Waals surface area contributed by atoms with E-state index in [4.69, 9.17) is 9.72 Å². The molecule has 1 saturated heterocycles. The number of nitrogens with one attached hydrogen (secondary N) is 1. The molecule has 0 saturated carbocycles. The molecule has 1 N–H and O–H groups in total. The van der Waals surface area contributed by atoms with Gasteiger partial charge in [-0.05, 0) is 43.9 Å². The molecule has 1 fully saturated rings. The monoisotopic (exact) mass is 448 g/mol. The number of hydrogen-bond acceptors (Lipinski definition) is 5. The molecule has 1 amide bonds. The Morgan fingerprint density at radius 2 is 1.85 bits per heavy atom. The van der Waals surface area contributed by atoms with Gasteiger partial charge in [-0.15, -0.1) is 0 Å². The summed E-state index contributed by atoms with van der Waals surface area (Å²) in [6.07, 6.45) is 2.23. The zero-order chi connectivity index (χ0) is 23.2. The van der Waals surface area contributed by atoms with Crippen molar-refractivity contribution in [2.75, 3.05) is 38.3 Å². The predicted molar refractivity (Wildman–Crippen MR) is 131 cm³/mol. The maximum absolute atomic E-state index is 13.5. The third kappa shape index (κ3) is 5.42. The van der Waals surface area contributed by atoms with Gasteiger partial charge >= 0.3 is 0 Å². The van der Waals surface area contributed by atoms with E-state index in [1.807, 2.05) is 33.7 Å². The first-order valence-corrected chi connectivity index (χ1v) is 11.6. The second kappa shape index (κ2) is 10.6. The number of fused-ring (bicyclic) bond motifs is 1. The largest absolute Gasteiger partial charge is 0.385 e. The molecule has 0 radical (unpaired) electrons. The lowest BCUT2D eigenvalue weighted by molar-refractivity contribution is -0.125. The molecule has 33 heavy (non-hydrogen) atoms. The summed E-state index contributed by atoms with van der Waals surface area (Å²) in [4.78, 5) is 32.8. The molecule has 7 nitrogen and oxygen atoms in total. The Labute approximate surface area is 194 Å². The number of nitrogens with zero attached hydrogens (tertiary/aromatic N) is 3. The fourth-order valence-electron chi connectivity index (χ4n) is 4.34. The first-order chi connectivity index (χ1) is 16.1. The number of ether oxygens (including phenoxy) is 1. The van der Waals surface area contributed by atoms with Crippen molar-refractivity contribution in [2.24, 2.45) is 5.92 Å². The van der Waals surface area contributed by atoms with Crippen molar-refractivity contribution in [2.45, 2.75) is 32.7 Å². The van der Waals surface area contributed by atoms with Crippen molar-refractivity contribution in [3.63, 3.8) is 0 Å². The van der Waals surface area contributed by atoms with Gasteiger partial charge in [0.25, 0.3) is 5.56 Å². The van der Waals surface area contributed by atoms with Gasteiger partial charge in [-0.1, -0.05) is 42.0 Å². The summed E-state index contributed by atoms with van der Waals surface area (Å²) in [5.41, 5.74) is 3.82. The fraction of sp³-hybridized carbons (Fsp3) is 0.423. The SMILES string of the molecule is COCCCNC(=O)C1CCN(c2nc3ccccc3n(Cc3ccc(C)cc3)c2=O)CC1. The minimum atomic E-state index is -0.0863. The Morgan fingerprint density at radius 3 is 2.58 bits per heavy atom. The van der Waals surface area contributed by atoms with Gasteiger partial charge in [-0.2, -0.15) is 0 Å². The number of para-hydroxylation sites is 2. The Bertz CT molecular complexity index is 1150. The zero-order valence-corrected chi connectivity index (χ0v) is 19.4. The molecule has 4 rings (SSSR count). The molecule has 0 aliphatic carbocycles. The molecule has 1 aliphatic heterocycles. The number of piperidine rings is 1. The quantitative estimate of drug-likeness (QED) is 0.536. The number of anilines is 1. The maximum Gasteiger partial charge on any atom is 0.294 e. The van der Waals surface area contributed by atoms with E-state index in [0.717, 1.165) is 23.0 Å². The average Bonchev–Trinajstić information content (AvgIpc) is 2.84. The summed E-state index contributed by atoms with van der Waals surface area (Å²) in [5.74, 6) is 0.535. The molecule has 1 aromatic heterocycles. The highest BCUT2D eigenvalue weighted by atomic mass is 16.5. The molecular weight excluding hydrogens is 416 g/mol. The molecule has 0 bridgehead atoms. The van der Waals surface area contributed by atoms with Gasteiger partial charge in [0.05, 0.1) is 17.6 Å². The van der Waals surface area contributed by atoms with Gasteiger partial charge in [-0.25, -0.2) is 4.98 Å². The van der Waals surface area contributed by atoms with Gasteiger partial charge in [0.2, 0.25) is 5.91 Å². The van der Waals surface area contributed by atoms with Crippen LogP contribution in [0.5, 0.6) is 0 Å². The number of carbonyl (C=O) groups excluding carboxylic acids is 1. The fourth-order valence-corrected chi connectivity index (χ4v) is 4.34. The van der Waals surface area contributed by atoms with Crippen molar-refractivity contribution in [1.82, 2.24) is 14.9 Å². The van der Waals surface area contributed by atoms with Crippen molar-refractivity contribution in [3.8, 4) is 0 Å². The van der Waals surface area contributed by atoms with Gasteiger partial charge in [0, 0.05) is 39.3 Å². The smallest absolute Gasteiger partial charge is 0.294 e. The van der Waals surface area contributed by atoms with E-state index in [0.29, 0.717) is 51.4 Å². The first-order valence-electron chi connectivity index (χ1n) is 11.6. The third-order valence-electron chi connectivity index (χ3n) is 6.29. The van der Waals surface area contributed by atoms with E-state index in [9.17, 15) is 9.59 Å². The second-order valence-corrected chi connectivity index (χ2v) is 8.70. The molecule has 0 atom stereocenters. The van der Waals surface area contributed by atoms with Crippen molar-refractivity contribution in [3.05, 3.63) is 70.0 Å². The molecule has 1 aliphatic rings. The van der Waals surface area contributed by atoms with Gasteiger partial charge in [0.15, 0.2) is 5.82 Å². The highest BCUT2D eigenvalue weighted by molar-refractivity contribution is 5.79. The molecule has 0 unspecified atom stereocenters. The number of aromatic nitrogens is 2. The van der Waals surface area contributed by atoms with Crippen LogP contribution in [0, 0.1) is 12.8 Å². The van der Waals surface area contributed by atoms with Gasteiger partial charge < -0.3 is 15.0 Å². The van der Waals surface area contributed by atoms with E-state index >= 15 is 0 Å². The summed E-state index contributed by atoms with van der Waals surface area (Å²) >= 11 is 0. The summed E-state index contributed by atoms with van der Waals surface area (Å²) in [6, 6.07) is 16.0. The van der Waals surface area contributed by atoms with Crippen molar-refractivity contribution < 1.29 is 9.53 Å². The molecule has 2 heterocycles. The Morgan fingerprint density at radius 1 is 1.12 bits per heavy atom. The van der Waals surface area contributed by atoms with Crippen molar-refractivity contribution >= 4 is 22.8 Å². The van der Waals surface area contributed by atoms with Crippen LogP contribution >= 0.6 is 0 Å². The first kappa shape index (κ1) is 23.0. The average molecular weight is 449 g/mol. The number of amides is 1. The summed E-state index contributed by atoms with van der Waals surface area (Å²) < 4.78 is 6.85. The standard InChI is InChI=1S/C26H32N4O3/c1-19-8-10-20(11-9-19)18-30-23-7-4-3-6-22(23)28-24(26(30)32)29-15-12-21(13-16-29)25(31)27-14-5-17-33-2/h3-4,6-11,21H,5,12-18H2,1-2H3,(H,27,31). The molecule has 3 aromatic rings. The number of aryl methyl sites for hydroxylation is 1. The van der Waals surface area contributed by atoms with Crippen LogP contribution in [0.25, 0.3) is 11.0 Å². The predicted octanol–water partition coefficient (Wildman–Crippen LogP) is 3.12. The maximum atomic E-state index is 13.5.